The van der Waals surface area contributed by atoms with Gasteiger partial charge in [-0.15, -0.1) is 0 Å². The molecule has 0 aliphatic heterocycles. The van der Waals surface area contributed by atoms with Gasteiger partial charge in [0.05, 0.1) is 4.92 Å². The quantitative estimate of drug-likeness (QED) is 0.636. The number of nitrogens with one attached hydrogen (secondary N) is 1. The normalized spacial score (nSPS) is 15.8. The number of rotatable bonds is 5. The number of hydrogen-bond donors (Lipinski definition) is 1. The van der Waals surface area contributed by atoms with Gasteiger partial charge in [-0.3, -0.25) is 10.1 Å². The Labute approximate surface area is 105 Å². The summed E-state index contributed by atoms with van der Waals surface area (Å²) in [6, 6.07) is 4.62. The monoisotopic (exact) mass is 246 g/mol. The van der Waals surface area contributed by atoms with E-state index in [0.717, 1.165) is 13.0 Å². The molecule has 0 saturated heterocycles. The molecule has 0 aromatic carbocycles. The maximum atomic E-state index is 10.7. The van der Waals surface area contributed by atoms with Crippen LogP contribution in [-0.4, -0.2) is 16.5 Å². The molecule has 1 aromatic rings. The van der Waals surface area contributed by atoms with Crippen LogP contribution in [0.5, 0.6) is 0 Å². The van der Waals surface area contributed by atoms with E-state index in [0.29, 0.717) is 11.2 Å². The third kappa shape index (κ3) is 2.40. The van der Waals surface area contributed by atoms with Crippen molar-refractivity contribution in [2.45, 2.75) is 26.2 Å². The number of aromatic nitrogens is 1. The average molecular weight is 246 g/mol. The predicted molar refractivity (Wildman–Crippen MR) is 66.1 cm³/mol. The highest BCUT2D eigenvalue weighted by molar-refractivity contribution is 5.50. The van der Waals surface area contributed by atoms with Crippen molar-refractivity contribution in [3.63, 3.8) is 0 Å². The lowest BCUT2D eigenvalue weighted by Crippen LogP contribution is -2.15. The van der Waals surface area contributed by atoms with Gasteiger partial charge in [0.1, 0.15) is 11.9 Å². The Bertz CT molecular complexity index is 517. The van der Waals surface area contributed by atoms with Gasteiger partial charge in [0, 0.05) is 12.6 Å². The summed E-state index contributed by atoms with van der Waals surface area (Å²) < 4.78 is 0. The van der Waals surface area contributed by atoms with E-state index in [1.165, 1.54) is 18.9 Å². The summed E-state index contributed by atoms with van der Waals surface area (Å²) in [7, 11) is 0. The molecule has 1 saturated carbocycles. The molecule has 2 rings (SSSR count). The summed E-state index contributed by atoms with van der Waals surface area (Å²) in [5.74, 6) is 0.525. The van der Waals surface area contributed by atoms with Crippen molar-refractivity contribution in [3.05, 3.63) is 27.9 Å². The molecule has 18 heavy (non-hydrogen) atoms. The maximum absolute atomic E-state index is 10.7. The zero-order valence-electron chi connectivity index (χ0n) is 10.1. The SMILES string of the molecule is CCC1(CNc2ccc([N+](=O)[O-])c(C#N)n2)CC1. The van der Waals surface area contributed by atoms with Crippen LogP contribution in [0.25, 0.3) is 0 Å². The van der Waals surface area contributed by atoms with E-state index in [-0.39, 0.29) is 11.4 Å². The van der Waals surface area contributed by atoms with Gasteiger partial charge in [-0.1, -0.05) is 6.92 Å². The summed E-state index contributed by atoms with van der Waals surface area (Å²) in [4.78, 5) is 14.0. The molecule has 0 atom stereocenters. The van der Waals surface area contributed by atoms with Crippen molar-refractivity contribution in [1.29, 1.82) is 5.26 Å². The molecule has 1 fully saturated rings. The average Bonchev–Trinajstić information content (AvgIpc) is 3.16. The lowest BCUT2D eigenvalue weighted by atomic mass is 10.0. The molecule has 6 nitrogen and oxygen atoms in total. The molecule has 1 heterocycles. The van der Waals surface area contributed by atoms with Crippen molar-refractivity contribution >= 4 is 11.5 Å². The van der Waals surface area contributed by atoms with Crippen LogP contribution in [0.1, 0.15) is 31.9 Å². The first kappa shape index (κ1) is 12.3. The second kappa shape index (κ2) is 4.61. The topological polar surface area (TPSA) is 91.9 Å². The number of nitriles is 1. The fourth-order valence-corrected chi connectivity index (χ4v) is 1.89. The predicted octanol–water partition coefficient (Wildman–Crippen LogP) is 2.46. The third-order valence-corrected chi connectivity index (χ3v) is 3.53. The second-order valence-corrected chi connectivity index (χ2v) is 4.64. The van der Waals surface area contributed by atoms with Crippen LogP contribution in [-0.2, 0) is 0 Å². The minimum absolute atomic E-state index is 0.147. The minimum Gasteiger partial charge on any atom is -0.369 e. The van der Waals surface area contributed by atoms with Gasteiger partial charge < -0.3 is 5.32 Å². The summed E-state index contributed by atoms with van der Waals surface area (Å²) in [6.45, 7) is 2.96. The van der Waals surface area contributed by atoms with E-state index < -0.39 is 4.92 Å². The van der Waals surface area contributed by atoms with Gasteiger partial charge in [-0.05, 0) is 30.7 Å². The summed E-state index contributed by atoms with van der Waals surface area (Å²) in [5.41, 5.74) is -0.0398. The fraction of sp³-hybridized carbons (Fsp3) is 0.500. The van der Waals surface area contributed by atoms with Crippen LogP contribution < -0.4 is 5.32 Å². The Morgan fingerprint density at radius 3 is 2.83 bits per heavy atom. The minimum atomic E-state index is -0.593. The lowest BCUT2D eigenvalue weighted by molar-refractivity contribution is -0.385. The van der Waals surface area contributed by atoms with Crippen LogP contribution in [0, 0.1) is 26.9 Å². The largest absolute Gasteiger partial charge is 0.369 e. The van der Waals surface area contributed by atoms with Crippen molar-refractivity contribution in [2.24, 2.45) is 5.41 Å². The zero-order valence-corrected chi connectivity index (χ0v) is 10.1. The number of anilines is 1. The first-order chi connectivity index (χ1) is 8.60. The molecule has 1 aromatic heterocycles. The summed E-state index contributed by atoms with van der Waals surface area (Å²) >= 11 is 0. The van der Waals surface area contributed by atoms with E-state index in [1.54, 1.807) is 12.1 Å². The highest BCUT2D eigenvalue weighted by Crippen LogP contribution is 2.48. The fourth-order valence-electron chi connectivity index (χ4n) is 1.89. The second-order valence-electron chi connectivity index (χ2n) is 4.64. The molecule has 0 amide bonds. The number of hydrogen-bond acceptors (Lipinski definition) is 5. The van der Waals surface area contributed by atoms with Gasteiger partial charge >= 0.3 is 5.69 Å². The number of pyridine rings is 1. The molecule has 94 valence electrons. The van der Waals surface area contributed by atoms with E-state index in [9.17, 15) is 10.1 Å². The van der Waals surface area contributed by atoms with Gasteiger partial charge in [0.25, 0.3) is 0 Å². The Morgan fingerprint density at radius 2 is 2.33 bits per heavy atom. The Balaban J connectivity index is 2.11. The molecule has 0 radical (unpaired) electrons. The maximum Gasteiger partial charge on any atom is 0.305 e. The van der Waals surface area contributed by atoms with Crippen molar-refractivity contribution in [3.8, 4) is 6.07 Å². The summed E-state index contributed by atoms with van der Waals surface area (Å²) in [5, 5.41) is 22.6. The molecular formula is C12H14N4O2. The van der Waals surface area contributed by atoms with Gasteiger partial charge in [-0.2, -0.15) is 5.26 Å². The molecule has 6 heteroatoms. The molecule has 0 spiro atoms. The van der Waals surface area contributed by atoms with E-state index in [4.69, 9.17) is 5.26 Å². The third-order valence-electron chi connectivity index (χ3n) is 3.53. The van der Waals surface area contributed by atoms with Gasteiger partial charge in [0.2, 0.25) is 5.69 Å². The molecular weight excluding hydrogens is 232 g/mol. The lowest BCUT2D eigenvalue weighted by Gasteiger charge is -2.13. The Kier molecular flexibility index (Phi) is 3.15. The smallest absolute Gasteiger partial charge is 0.305 e. The van der Waals surface area contributed by atoms with E-state index in [1.807, 2.05) is 0 Å². The molecule has 0 unspecified atom stereocenters. The Morgan fingerprint density at radius 1 is 1.61 bits per heavy atom. The number of nitro groups is 1. The first-order valence-corrected chi connectivity index (χ1v) is 5.90. The van der Waals surface area contributed by atoms with Crippen molar-refractivity contribution < 1.29 is 4.92 Å². The molecule has 1 aliphatic carbocycles. The standard InChI is InChI=1S/C12H14N4O2/c1-2-12(5-6-12)8-14-11-4-3-10(16(17)18)9(7-13)15-11/h3-4H,2,5-6,8H2,1H3,(H,14,15). The first-order valence-electron chi connectivity index (χ1n) is 5.90. The summed E-state index contributed by atoms with van der Waals surface area (Å²) in [6.07, 6.45) is 3.52. The Hall–Kier alpha value is -2.16. The van der Waals surface area contributed by atoms with E-state index >= 15 is 0 Å². The van der Waals surface area contributed by atoms with Crippen molar-refractivity contribution in [2.75, 3.05) is 11.9 Å². The highest BCUT2D eigenvalue weighted by atomic mass is 16.6. The zero-order chi connectivity index (χ0) is 13.2. The van der Waals surface area contributed by atoms with Crippen LogP contribution >= 0.6 is 0 Å². The number of nitrogens with zero attached hydrogens (tertiary/aromatic N) is 3. The molecule has 1 N–H and O–H groups in total. The van der Waals surface area contributed by atoms with Gasteiger partial charge in [-0.25, -0.2) is 4.98 Å². The van der Waals surface area contributed by atoms with Crippen LogP contribution in [0.2, 0.25) is 0 Å². The van der Waals surface area contributed by atoms with E-state index in [2.05, 4.69) is 17.2 Å². The van der Waals surface area contributed by atoms with Crippen LogP contribution in [0.3, 0.4) is 0 Å². The van der Waals surface area contributed by atoms with Crippen LogP contribution in [0.4, 0.5) is 11.5 Å². The molecule has 0 bridgehead atoms. The van der Waals surface area contributed by atoms with Crippen LogP contribution in [0.15, 0.2) is 12.1 Å². The molecule has 1 aliphatic rings. The van der Waals surface area contributed by atoms with Gasteiger partial charge in [0.15, 0.2) is 0 Å². The highest BCUT2D eigenvalue weighted by Gasteiger charge is 2.40. The van der Waals surface area contributed by atoms with Crippen molar-refractivity contribution in [1.82, 2.24) is 4.98 Å².